The van der Waals surface area contributed by atoms with Crippen molar-refractivity contribution >= 4 is 23.9 Å². The number of likely N-dealkylation sites (N-methyl/N-ethyl adjacent to an activating group) is 1. The molecular formula is C21H31N5O3. The molecule has 0 spiro atoms. The quantitative estimate of drug-likeness (QED) is 0.601. The molecule has 0 bridgehead atoms. The molecule has 1 N–H and O–H groups in total. The molecule has 0 radical (unpaired) electrons. The molecule has 2 aliphatic heterocycles. The summed E-state index contributed by atoms with van der Waals surface area (Å²) in [6, 6.07) is 1.84. The Morgan fingerprint density at radius 3 is 2.66 bits per heavy atom. The molecule has 8 heteroatoms. The maximum absolute atomic E-state index is 12.4. The number of pyridine rings is 1. The maximum atomic E-state index is 12.4. The predicted octanol–water partition coefficient (Wildman–Crippen LogP) is 2.03. The number of nitrogens with one attached hydrogen (secondary N) is 1. The maximum Gasteiger partial charge on any atom is 0.331 e. The molecule has 0 aliphatic carbocycles. The number of anilines is 1. The largest absolute Gasteiger partial charge is 0.457 e. The third-order valence-electron chi connectivity index (χ3n) is 4.96. The van der Waals surface area contributed by atoms with Crippen molar-refractivity contribution in [2.75, 3.05) is 51.6 Å². The minimum Gasteiger partial charge on any atom is -0.457 e. The summed E-state index contributed by atoms with van der Waals surface area (Å²) in [4.78, 5) is 35.1. The summed E-state index contributed by atoms with van der Waals surface area (Å²) in [6.07, 6.45) is 4.73. The van der Waals surface area contributed by atoms with E-state index in [1.165, 1.54) is 6.08 Å². The van der Waals surface area contributed by atoms with Crippen LogP contribution in [0.15, 0.2) is 18.3 Å². The van der Waals surface area contributed by atoms with Crippen LogP contribution in [-0.4, -0.2) is 83.6 Å². The monoisotopic (exact) mass is 401 g/mol. The van der Waals surface area contributed by atoms with Crippen LogP contribution in [0.1, 0.15) is 31.9 Å². The summed E-state index contributed by atoms with van der Waals surface area (Å²) in [5.41, 5.74) is 1.21. The lowest BCUT2D eigenvalue weighted by atomic mass is 10.1. The number of hydrogen-bond acceptors (Lipinski definition) is 6. The number of nitrogens with zero attached hydrogens (tertiary/aromatic N) is 4. The molecule has 0 unspecified atom stereocenters. The van der Waals surface area contributed by atoms with Crippen LogP contribution in [0.25, 0.3) is 6.08 Å². The van der Waals surface area contributed by atoms with Gasteiger partial charge in [-0.25, -0.2) is 14.6 Å². The van der Waals surface area contributed by atoms with Gasteiger partial charge < -0.3 is 14.5 Å². The van der Waals surface area contributed by atoms with Crippen LogP contribution in [0.2, 0.25) is 0 Å². The van der Waals surface area contributed by atoms with E-state index in [9.17, 15) is 9.59 Å². The Hall–Kier alpha value is -2.45. The normalized spacial score (nSPS) is 18.6. The number of aromatic nitrogens is 1. The number of ether oxygens (including phenoxy) is 1. The van der Waals surface area contributed by atoms with Crippen molar-refractivity contribution in [1.82, 2.24) is 19.7 Å². The zero-order valence-electron chi connectivity index (χ0n) is 17.8. The molecule has 0 aromatic carbocycles. The van der Waals surface area contributed by atoms with Crippen molar-refractivity contribution in [3.05, 3.63) is 29.5 Å². The third kappa shape index (κ3) is 6.27. The number of carbonyl (C=O) groups excluding carboxylic acids is 2. The SMILES string of the molecule is CN1CCN(CCN2Cc3cc(C=CC(=O)OC(C)(C)C)cnc3NC2=O)CC1. The van der Waals surface area contributed by atoms with Gasteiger partial charge in [-0.2, -0.15) is 0 Å². The van der Waals surface area contributed by atoms with Crippen LogP contribution in [0.5, 0.6) is 0 Å². The zero-order valence-corrected chi connectivity index (χ0v) is 17.8. The minimum absolute atomic E-state index is 0.115. The molecular weight excluding hydrogens is 370 g/mol. The number of carbonyl (C=O) groups is 2. The fraction of sp³-hybridized carbons (Fsp3) is 0.571. The fourth-order valence-corrected chi connectivity index (χ4v) is 3.33. The lowest BCUT2D eigenvalue weighted by Gasteiger charge is -2.35. The second kappa shape index (κ2) is 8.92. The average Bonchev–Trinajstić information content (AvgIpc) is 2.64. The van der Waals surface area contributed by atoms with Crippen molar-refractivity contribution in [3.63, 3.8) is 0 Å². The van der Waals surface area contributed by atoms with Gasteiger partial charge in [0, 0.05) is 57.1 Å². The molecule has 0 saturated carbocycles. The van der Waals surface area contributed by atoms with E-state index in [4.69, 9.17) is 4.74 Å². The summed E-state index contributed by atoms with van der Waals surface area (Å²) in [7, 11) is 2.13. The molecule has 1 aromatic rings. The highest BCUT2D eigenvalue weighted by Gasteiger charge is 2.24. The molecule has 3 heterocycles. The lowest BCUT2D eigenvalue weighted by Crippen LogP contribution is -2.48. The van der Waals surface area contributed by atoms with Gasteiger partial charge in [-0.05, 0) is 45.5 Å². The van der Waals surface area contributed by atoms with E-state index < -0.39 is 11.6 Å². The summed E-state index contributed by atoms with van der Waals surface area (Å²) >= 11 is 0. The predicted molar refractivity (Wildman–Crippen MR) is 112 cm³/mol. The smallest absolute Gasteiger partial charge is 0.331 e. The Labute approximate surface area is 172 Å². The first kappa shape index (κ1) is 21.3. The zero-order chi connectivity index (χ0) is 21.0. The first-order valence-electron chi connectivity index (χ1n) is 10.1. The van der Waals surface area contributed by atoms with E-state index in [1.54, 1.807) is 12.3 Å². The van der Waals surface area contributed by atoms with Gasteiger partial charge in [-0.3, -0.25) is 10.2 Å². The third-order valence-corrected chi connectivity index (χ3v) is 4.96. The van der Waals surface area contributed by atoms with Gasteiger partial charge >= 0.3 is 12.0 Å². The van der Waals surface area contributed by atoms with Gasteiger partial charge in [0.25, 0.3) is 0 Å². The molecule has 158 valence electrons. The van der Waals surface area contributed by atoms with Gasteiger partial charge in [-0.1, -0.05) is 0 Å². The summed E-state index contributed by atoms with van der Waals surface area (Å²) < 4.78 is 5.28. The fourth-order valence-electron chi connectivity index (χ4n) is 3.33. The molecule has 2 aliphatic rings. The van der Waals surface area contributed by atoms with E-state index in [0.717, 1.165) is 43.9 Å². The molecule has 1 fully saturated rings. The van der Waals surface area contributed by atoms with Crippen molar-refractivity contribution in [2.45, 2.75) is 32.9 Å². The van der Waals surface area contributed by atoms with Gasteiger partial charge in [0.05, 0.1) is 6.54 Å². The molecule has 1 aromatic heterocycles. The highest BCUT2D eigenvalue weighted by molar-refractivity contribution is 5.91. The van der Waals surface area contributed by atoms with E-state index in [2.05, 4.69) is 27.1 Å². The molecule has 1 saturated heterocycles. The van der Waals surface area contributed by atoms with E-state index in [1.807, 2.05) is 31.7 Å². The van der Waals surface area contributed by atoms with Gasteiger partial charge in [-0.15, -0.1) is 0 Å². The minimum atomic E-state index is -0.524. The van der Waals surface area contributed by atoms with Crippen LogP contribution in [-0.2, 0) is 16.1 Å². The molecule has 2 amide bonds. The lowest BCUT2D eigenvalue weighted by molar-refractivity contribution is -0.148. The van der Waals surface area contributed by atoms with E-state index >= 15 is 0 Å². The Morgan fingerprint density at radius 1 is 1.24 bits per heavy atom. The van der Waals surface area contributed by atoms with Crippen molar-refractivity contribution in [3.8, 4) is 0 Å². The molecule has 3 rings (SSSR count). The Bertz CT molecular complexity index is 779. The van der Waals surface area contributed by atoms with E-state index in [-0.39, 0.29) is 6.03 Å². The molecule has 8 nitrogen and oxygen atoms in total. The number of piperazine rings is 1. The van der Waals surface area contributed by atoms with Crippen molar-refractivity contribution in [2.24, 2.45) is 0 Å². The van der Waals surface area contributed by atoms with Gasteiger partial charge in [0.2, 0.25) is 0 Å². The summed E-state index contributed by atoms with van der Waals surface area (Å²) in [6.45, 7) is 11.7. The molecule has 0 atom stereocenters. The summed E-state index contributed by atoms with van der Waals surface area (Å²) in [5.74, 6) is 0.192. The average molecular weight is 402 g/mol. The number of rotatable bonds is 5. The molecule has 29 heavy (non-hydrogen) atoms. The first-order valence-corrected chi connectivity index (χ1v) is 10.1. The number of urea groups is 1. The number of fused-ring (bicyclic) bond motifs is 1. The van der Waals surface area contributed by atoms with Crippen LogP contribution in [0, 0.1) is 0 Å². The van der Waals surface area contributed by atoms with Crippen molar-refractivity contribution < 1.29 is 14.3 Å². The Balaban J connectivity index is 1.59. The van der Waals surface area contributed by atoms with Crippen molar-refractivity contribution in [1.29, 1.82) is 0 Å². The number of amides is 2. The second-order valence-electron chi connectivity index (χ2n) is 8.64. The second-order valence-corrected chi connectivity index (χ2v) is 8.64. The van der Waals surface area contributed by atoms with Gasteiger partial charge in [0.1, 0.15) is 11.4 Å². The Kier molecular flexibility index (Phi) is 6.54. The van der Waals surface area contributed by atoms with Crippen LogP contribution in [0.3, 0.4) is 0 Å². The Morgan fingerprint density at radius 2 is 1.97 bits per heavy atom. The number of esters is 1. The van der Waals surface area contributed by atoms with Crippen LogP contribution < -0.4 is 5.32 Å². The van der Waals surface area contributed by atoms with Gasteiger partial charge in [0.15, 0.2) is 0 Å². The summed E-state index contributed by atoms with van der Waals surface area (Å²) in [5, 5.41) is 2.86. The highest BCUT2D eigenvalue weighted by atomic mass is 16.6. The highest BCUT2D eigenvalue weighted by Crippen LogP contribution is 2.22. The topological polar surface area (TPSA) is 78.0 Å². The number of hydrogen-bond donors (Lipinski definition) is 1. The van der Waals surface area contributed by atoms with Crippen LogP contribution in [0.4, 0.5) is 10.6 Å². The first-order chi connectivity index (χ1) is 13.7. The van der Waals surface area contributed by atoms with Crippen LogP contribution >= 0.6 is 0 Å². The standard InChI is InChI=1S/C21H31N5O3/c1-21(2,3)29-18(27)6-5-16-13-17-15-26(20(28)23-19(17)22-14-16)12-11-25-9-7-24(4)8-10-25/h5-6,13-14H,7-12,15H2,1-4H3,(H,22,23,28). The van der Waals surface area contributed by atoms with E-state index in [0.29, 0.717) is 18.9 Å².